The van der Waals surface area contributed by atoms with Crippen molar-refractivity contribution in [3.8, 4) is 23.7 Å². The van der Waals surface area contributed by atoms with Crippen molar-refractivity contribution in [2.75, 3.05) is 6.61 Å². The van der Waals surface area contributed by atoms with Crippen molar-refractivity contribution >= 4 is 0 Å². The van der Waals surface area contributed by atoms with Gasteiger partial charge in [0, 0.05) is 0 Å². The summed E-state index contributed by atoms with van der Waals surface area (Å²) in [5, 5.41) is 8.45. The van der Waals surface area contributed by atoms with E-state index in [1.54, 1.807) is 18.2 Å². The van der Waals surface area contributed by atoms with Crippen LogP contribution in [0.2, 0.25) is 0 Å². The second-order valence-corrected chi connectivity index (χ2v) is 3.76. The molecule has 1 nitrogen and oxygen atoms in total. The van der Waals surface area contributed by atoms with Gasteiger partial charge in [0.15, 0.2) is 0 Å². The average Bonchev–Trinajstić information content (AvgIpc) is 2.39. The maximum absolute atomic E-state index is 8.45. The van der Waals surface area contributed by atoms with Gasteiger partial charge in [0.25, 0.3) is 0 Å². The quantitative estimate of drug-likeness (QED) is 0.410. The van der Waals surface area contributed by atoms with E-state index in [2.05, 4.69) is 36.7 Å². The normalized spacial score (nSPS) is 10.6. The molecule has 0 unspecified atom stereocenters. The Balaban J connectivity index is 3.63. The minimum atomic E-state index is 0.0189. The molecule has 0 spiro atoms. The van der Waals surface area contributed by atoms with Crippen LogP contribution in [0.5, 0.6) is 0 Å². The monoisotopic (exact) mass is 242 g/mol. The highest BCUT2D eigenvalue weighted by Gasteiger charge is 1.82. The Bertz CT molecular complexity index is 377. The van der Waals surface area contributed by atoms with E-state index in [0.717, 1.165) is 6.42 Å². The highest BCUT2D eigenvalue weighted by molar-refractivity contribution is 5.34. The highest BCUT2D eigenvalue weighted by Crippen LogP contribution is 2.02. The van der Waals surface area contributed by atoms with Crippen molar-refractivity contribution in [3.63, 3.8) is 0 Å². The standard InChI is InChI=1S/C17H22O/c1-2-3-4-5-6-7-8-9-10-11-12-13-14-15-16-17-18/h7-10,15-16,18H,2-6,17H2,1H3/b8-7+,10-9?,16-15?. The van der Waals surface area contributed by atoms with Crippen LogP contribution in [-0.2, 0) is 0 Å². The van der Waals surface area contributed by atoms with E-state index in [4.69, 9.17) is 5.11 Å². The Hall–Kier alpha value is -1.70. The average molecular weight is 242 g/mol. The van der Waals surface area contributed by atoms with Gasteiger partial charge in [0.05, 0.1) is 6.61 Å². The molecule has 18 heavy (non-hydrogen) atoms. The molecule has 96 valence electrons. The lowest BCUT2D eigenvalue weighted by atomic mass is 10.1. The Morgan fingerprint density at radius 1 is 0.889 bits per heavy atom. The maximum atomic E-state index is 8.45. The van der Waals surface area contributed by atoms with Gasteiger partial charge in [-0.25, -0.2) is 0 Å². The molecule has 0 saturated carbocycles. The fraction of sp³-hybridized carbons (Fsp3) is 0.412. The molecule has 1 heteroatoms. The van der Waals surface area contributed by atoms with Gasteiger partial charge in [-0.2, -0.15) is 0 Å². The van der Waals surface area contributed by atoms with Gasteiger partial charge in [-0.3, -0.25) is 0 Å². The van der Waals surface area contributed by atoms with Crippen molar-refractivity contribution in [3.05, 3.63) is 36.5 Å². The van der Waals surface area contributed by atoms with Crippen LogP contribution in [0.3, 0.4) is 0 Å². The highest BCUT2D eigenvalue weighted by atomic mass is 16.2. The third-order valence-electron chi connectivity index (χ3n) is 2.16. The van der Waals surface area contributed by atoms with Crippen molar-refractivity contribution in [1.82, 2.24) is 0 Å². The summed E-state index contributed by atoms with van der Waals surface area (Å²) in [4.78, 5) is 0. The van der Waals surface area contributed by atoms with Crippen LogP contribution in [0.1, 0.15) is 39.0 Å². The predicted octanol–water partition coefficient (Wildman–Crippen LogP) is 3.62. The molecule has 0 aliphatic rings. The van der Waals surface area contributed by atoms with Gasteiger partial charge >= 0.3 is 0 Å². The second-order valence-electron chi connectivity index (χ2n) is 3.76. The first-order valence-corrected chi connectivity index (χ1v) is 6.50. The molecule has 0 rings (SSSR count). The number of aliphatic hydroxyl groups excluding tert-OH is 1. The third-order valence-corrected chi connectivity index (χ3v) is 2.16. The zero-order valence-electron chi connectivity index (χ0n) is 11.2. The SMILES string of the molecule is CCCCCC/C=C/C=CC#CC#CC=CCO. The number of hydrogen-bond acceptors (Lipinski definition) is 1. The summed E-state index contributed by atoms with van der Waals surface area (Å²) in [6, 6.07) is 0. The molecule has 1 N–H and O–H groups in total. The zero-order valence-corrected chi connectivity index (χ0v) is 11.2. The van der Waals surface area contributed by atoms with Crippen LogP contribution in [0.15, 0.2) is 36.5 Å². The lowest BCUT2D eigenvalue weighted by Crippen LogP contribution is -1.72. The van der Waals surface area contributed by atoms with Gasteiger partial charge in [0.2, 0.25) is 0 Å². The van der Waals surface area contributed by atoms with E-state index < -0.39 is 0 Å². The van der Waals surface area contributed by atoms with Crippen molar-refractivity contribution in [1.29, 1.82) is 0 Å². The number of hydrogen-bond donors (Lipinski definition) is 1. The second kappa shape index (κ2) is 15.3. The molecule has 0 aromatic heterocycles. The summed E-state index contributed by atoms with van der Waals surface area (Å²) < 4.78 is 0. The molecule has 0 atom stereocenters. The molecule has 0 radical (unpaired) electrons. The predicted molar refractivity (Wildman–Crippen MR) is 78.8 cm³/mol. The number of allylic oxidation sites excluding steroid dienone is 5. The van der Waals surface area contributed by atoms with Crippen LogP contribution in [0.25, 0.3) is 0 Å². The number of rotatable bonds is 7. The van der Waals surface area contributed by atoms with E-state index >= 15 is 0 Å². The lowest BCUT2D eigenvalue weighted by molar-refractivity contribution is 0.343. The summed E-state index contributed by atoms with van der Waals surface area (Å²) in [6.45, 7) is 2.24. The Morgan fingerprint density at radius 2 is 1.67 bits per heavy atom. The zero-order chi connectivity index (χ0) is 13.3. The summed E-state index contributed by atoms with van der Waals surface area (Å²) in [6.07, 6.45) is 17.4. The van der Waals surface area contributed by atoms with E-state index in [-0.39, 0.29) is 6.61 Å². The van der Waals surface area contributed by atoms with Crippen LogP contribution in [0.4, 0.5) is 0 Å². The van der Waals surface area contributed by atoms with Crippen LogP contribution in [0, 0.1) is 23.7 Å². The Labute approximate surface area is 111 Å². The molecule has 0 aromatic rings. The summed E-state index contributed by atoms with van der Waals surface area (Å²) in [5.74, 6) is 10.9. The lowest BCUT2D eigenvalue weighted by Gasteiger charge is -1.92. The molecular weight excluding hydrogens is 220 g/mol. The first-order valence-electron chi connectivity index (χ1n) is 6.50. The molecule has 0 bridgehead atoms. The largest absolute Gasteiger partial charge is 0.392 e. The van der Waals surface area contributed by atoms with Crippen LogP contribution >= 0.6 is 0 Å². The van der Waals surface area contributed by atoms with Gasteiger partial charge in [-0.1, -0.05) is 62.3 Å². The summed E-state index contributed by atoms with van der Waals surface area (Å²) in [5.41, 5.74) is 0. The van der Waals surface area contributed by atoms with Crippen molar-refractivity contribution in [2.24, 2.45) is 0 Å². The fourth-order valence-corrected chi connectivity index (χ4v) is 1.23. The first-order chi connectivity index (χ1) is 8.91. The number of aliphatic hydroxyl groups is 1. The Morgan fingerprint density at radius 3 is 2.39 bits per heavy atom. The molecule has 0 fully saturated rings. The minimum absolute atomic E-state index is 0.0189. The molecule has 0 amide bonds. The first kappa shape index (κ1) is 16.3. The molecule has 0 saturated heterocycles. The van der Waals surface area contributed by atoms with Crippen LogP contribution in [-0.4, -0.2) is 11.7 Å². The maximum Gasteiger partial charge on any atom is 0.0621 e. The number of unbranched alkanes of at least 4 members (excludes halogenated alkanes) is 4. The van der Waals surface area contributed by atoms with Gasteiger partial charge < -0.3 is 5.11 Å². The van der Waals surface area contributed by atoms with E-state index in [1.807, 2.05) is 12.2 Å². The third kappa shape index (κ3) is 14.3. The Kier molecular flexibility index (Phi) is 13.9. The van der Waals surface area contributed by atoms with E-state index in [1.165, 1.54) is 25.7 Å². The molecular formula is C17H22O. The van der Waals surface area contributed by atoms with E-state index in [0.29, 0.717) is 0 Å². The van der Waals surface area contributed by atoms with Crippen LogP contribution < -0.4 is 0 Å². The van der Waals surface area contributed by atoms with Gasteiger partial charge in [0.1, 0.15) is 0 Å². The topological polar surface area (TPSA) is 20.2 Å². The molecule has 0 heterocycles. The van der Waals surface area contributed by atoms with Crippen molar-refractivity contribution in [2.45, 2.75) is 39.0 Å². The van der Waals surface area contributed by atoms with Gasteiger partial charge in [-0.15, -0.1) is 0 Å². The van der Waals surface area contributed by atoms with Crippen molar-refractivity contribution < 1.29 is 5.11 Å². The summed E-state index contributed by atoms with van der Waals surface area (Å²) in [7, 11) is 0. The summed E-state index contributed by atoms with van der Waals surface area (Å²) >= 11 is 0. The molecule has 0 aliphatic heterocycles. The fourth-order valence-electron chi connectivity index (χ4n) is 1.23. The van der Waals surface area contributed by atoms with Gasteiger partial charge in [-0.05, 0) is 36.8 Å². The smallest absolute Gasteiger partial charge is 0.0621 e. The minimum Gasteiger partial charge on any atom is -0.392 e. The molecule has 0 aliphatic carbocycles. The van der Waals surface area contributed by atoms with E-state index in [9.17, 15) is 0 Å². The molecule has 0 aromatic carbocycles.